The summed E-state index contributed by atoms with van der Waals surface area (Å²) < 4.78 is 4.83. The minimum atomic E-state index is -1.12. The summed E-state index contributed by atoms with van der Waals surface area (Å²) >= 11 is 0. The average molecular weight is 268 g/mol. The number of rotatable bonds is 7. The van der Waals surface area contributed by atoms with Gasteiger partial charge in [-0.2, -0.15) is 0 Å². The molecule has 0 aromatic carbocycles. The van der Waals surface area contributed by atoms with Crippen LogP contribution in [0.25, 0.3) is 0 Å². The second-order valence-electron chi connectivity index (χ2n) is 4.07. The molecule has 0 radical (unpaired) electrons. The number of esters is 1. The Bertz CT molecular complexity index is 411. The van der Waals surface area contributed by atoms with Crippen molar-refractivity contribution in [2.75, 3.05) is 20.2 Å². The van der Waals surface area contributed by atoms with Gasteiger partial charge in [0.15, 0.2) is 0 Å². The number of ether oxygens (including phenoxy) is 1. The number of aromatic nitrogens is 1. The number of hydrogen-bond donors (Lipinski definition) is 3. The molecule has 1 heterocycles. The van der Waals surface area contributed by atoms with Gasteiger partial charge in [-0.1, -0.05) is 6.07 Å². The highest BCUT2D eigenvalue weighted by molar-refractivity contribution is 5.87. The van der Waals surface area contributed by atoms with E-state index in [0.717, 1.165) is 0 Å². The molecule has 0 amide bonds. The largest absolute Gasteiger partial charge is 0.461 e. The minimum absolute atomic E-state index is 0.124. The Balaban J connectivity index is 2.77. The van der Waals surface area contributed by atoms with Crippen molar-refractivity contribution in [2.24, 2.45) is 0 Å². The van der Waals surface area contributed by atoms with Gasteiger partial charge < -0.3 is 20.3 Å². The second kappa shape index (κ2) is 7.83. The Hall–Kier alpha value is -1.50. The summed E-state index contributed by atoms with van der Waals surface area (Å²) in [5, 5.41) is 22.6. The fourth-order valence-corrected chi connectivity index (χ4v) is 1.58. The third kappa shape index (κ3) is 4.59. The number of nitrogens with one attached hydrogen (secondary N) is 1. The molecule has 2 unspecified atom stereocenters. The van der Waals surface area contributed by atoms with Crippen molar-refractivity contribution in [3.63, 3.8) is 0 Å². The lowest BCUT2D eigenvalue weighted by atomic mass is 10.1. The van der Waals surface area contributed by atoms with Crippen LogP contribution in [0.2, 0.25) is 0 Å². The van der Waals surface area contributed by atoms with Crippen LogP contribution < -0.4 is 5.32 Å². The molecule has 106 valence electrons. The van der Waals surface area contributed by atoms with Crippen molar-refractivity contribution >= 4 is 5.97 Å². The zero-order chi connectivity index (χ0) is 14.3. The fourth-order valence-electron chi connectivity index (χ4n) is 1.58. The SMILES string of the molecule is CCOC(=O)c1cccc(C(O)C(O)CCNC)n1. The molecule has 0 aliphatic heterocycles. The molecule has 3 N–H and O–H groups in total. The Morgan fingerprint density at radius 1 is 1.47 bits per heavy atom. The van der Waals surface area contributed by atoms with Gasteiger partial charge in [-0.3, -0.25) is 0 Å². The van der Waals surface area contributed by atoms with Crippen molar-refractivity contribution in [2.45, 2.75) is 25.6 Å². The van der Waals surface area contributed by atoms with E-state index in [9.17, 15) is 15.0 Å². The summed E-state index contributed by atoms with van der Waals surface area (Å²) in [4.78, 5) is 15.5. The average Bonchev–Trinajstić information content (AvgIpc) is 2.44. The first-order valence-electron chi connectivity index (χ1n) is 6.25. The molecule has 19 heavy (non-hydrogen) atoms. The molecular formula is C13H20N2O4. The van der Waals surface area contributed by atoms with Gasteiger partial charge in [0.1, 0.15) is 11.8 Å². The summed E-state index contributed by atoms with van der Waals surface area (Å²) in [5.74, 6) is -0.540. The lowest BCUT2D eigenvalue weighted by molar-refractivity contribution is 0.0112. The van der Waals surface area contributed by atoms with Crippen molar-refractivity contribution < 1.29 is 19.7 Å². The minimum Gasteiger partial charge on any atom is -0.461 e. The van der Waals surface area contributed by atoms with Crippen LogP contribution in [0.1, 0.15) is 35.6 Å². The van der Waals surface area contributed by atoms with Gasteiger partial charge in [0.25, 0.3) is 0 Å². The molecule has 0 saturated carbocycles. The predicted molar refractivity (Wildman–Crippen MR) is 69.7 cm³/mol. The van der Waals surface area contributed by atoms with Gasteiger partial charge in [-0.25, -0.2) is 9.78 Å². The summed E-state index contributed by atoms with van der Waals surface area (Å²) in [5.41, 5.74) is 0.383. The van der Waals surface area contributed by atoms with Crippen molar-refractivity contribution in [3.8, 4) is 0 Å². The molecule has 1 aromatic heterocycles. The molecule has 0 fully saturated rings. The van der Waals surface area contributed by atoms with E-state index >= 15 is 0 Å². The van der Waals surface area contributed by atoms with Crippen molar-refractivity contribution in [1.29, 1.82) is 0 Å². The first kappa shape index (κ1) is 15.6. The van der Waals surface area contributed by atoms with Gasteiger partial charge in [-0.15, -0.1) is 0 Å². The zero-order valence-electron chi connectivity index (χ0n) is 11.2. The normalized spacial score (nSPS) is 13.9. The van der Waals surface area contributed by atoms with E-state index in [1.54, 1.807) is 26.1 Å². The number of pyridine rings is 1. The molecule has 0 aliphatic rings. The van der Waals surface area contributed by atoms with E-state index < -0.39 is 18.2 Å². The Kier molecular flexibility index (Phi) is 6.41. The summed E-state index contributed by atoms with van der Waals surface area (Å²) in [6, 6.07) is 4.67. The lowest BCUT2D eigenvalue weighted by Gasteiger charge is -2.17. The molecular weight excluding hydrogens is 248 g/mol. The number of aliphatic hydroxyl groups excluding tert-OH is 2. The number of aliphatic hydroxyl groups is 2. The van der Waals surface area contributed by atoms with Crippen LogP contribution in [0.4, 0.5) is 0 Å². The standard InChI is InChI=1S/C13H20N2O4/c1-3-19-13(18)10-6-4-5-9(15-10)12(17)11(16)7-8-14-2/h4-6,11-12,14,16-17H,3,7-8H2,1-2H3. The highest BCUT2D eigenvalue weighted by Crippen LogP contribution is 2.17. The predicted octanol–water partition coefficient (Wildman–Crippen LogP) is 0.262. The van der Waals surface area contributed by atoms with Crippen molar-refractivity contribution in [3.05, 3.63) is 29.6 Å². The summed E-state index contributed by atoms with van der Waals surface area (Å²) in [6.07, 6.45) is -1.66. The molecule has 0 saturated heterocycles. The number of nitrogens with zero attached hydrogens (tertiary/aromatic N) is 1. The van der Waals surface area contributed by atoms with Crippen molar-refractivity contribution in [1.82, 2.24) is 10.3 Å². The van der Waals surface area contributed by atoms with Gasteiger partial charge in [0, 0.05) is 0 Å². The molecule has 0 aliphatic carbocycles. The maximum Gasteiger partial charge on any atom is 0.356 e. The number of hydrogen-bond acceptors (Lipinski definition) is 6. The number of carbonyl (C=O) groups excluding carboxylic acids is 1. The molecule has 1 rings (SSSR count). The van der Waals surface area contributed by atoms with Crippen LogP contribution in [-0.2, 0) is 4.74 Å². The van der Waals surface area contributed by atoms with Crippen LogP contribution in [0.15, 0.2) is 18.2 Å². The Morgan fingerprint density at radius 2 is 2.21 bits per heavy atom. The zero-order valence-corrected chi connectivity index (χ0v) is 11.2. The van der Waals surface area contributed by atoms with Crippen LogP contribution in [-0.4, -0.2) is 47.5 Å². The third-order valence-electron chi connectivity index (χ3n) is 2.61. The van der Waals surface area contributed by atoms with Crippen LogP contribution >= 0.6 is 0 Å². The summed E-state index contributed by atoms with van der Waals surface area (Å²) in [6.45, 7) is 2.55. The number of carbonyl (C=O) groups is 1. The topological polar surface area (TPSA) is 91.7 Å². The summed E-state index contributed by atoms with van der Waals surface area (Å²) in [7, 11) is 1.76. The lowest BCUT2D eigenvalue weighted by Crippen LogP contribution is -2.24. The van der Waals surface area contributed by atoms with Gasteiger partial charge in [0.2, 0.25) is 0 Å². The molecule has 1 aromatic rings. The van der Waals surface area contributed by atoms with E-state index in [-0.39, 0.29) is 18.0 Å². The smallest absolute Gasteiger partial charge is 0.356 e. The van der Waals surface area contributed by atoms with Crippen LogP contribution in [0, 0.1) is 0 Å². The van der Waals surface area contributed by atoms with E-state index in [1.165, 1.54) is 6.07 Å². The first-order valence-corrected chi connectivity index (χ1v) is 6.25. The van der Waals surface area contributed by atoms with Gasteiger partial charge in [-0.05, 0) is 39.1 Å². The van der Waals surface area contributed by atoms with Gasteiger partial charge >= 0.3 is 5.97 Å². The molecule has 0 spiro atoms. The quantitative estimate of drug-likeness (QED) is 0.614. The van der Waals surface area contributed by atoms with E-state index in [1.807, 2.05) is 0 Å². The Labute approximate surface area is 112 Å². The molecule has 6 heteroatoms. The molecule has 6 nitrogen and oxygen atoms in total. The molecule has 2 atom stereocenters. The van der Waals surface area contributed by atoms with Gasteiger partial charge in [0.05, 0.1) is 18.4 Å². The molecule has 0 bridgehead atoms. The highest BCUT2D eigenvalue weighted by Gasteiger charge is 2.20. The monoisotopic (exact) mass is 268 g/mol. The Morgan fingerprint density at radius 3 is 2.84 bits per heavy atom. The van der Waals surface area contributed by atoms with Crippen LogP contribution in [0.3, 0.4) is 0 Å². The highest BCUT2D eigenvalue weighted by atomic mass is 16.5. The fraction of sp³-hybridized carbons (Fsp3) is 0.538. The maximum absolute atomic E-state index is 11.5. The van der Waals surface area contributed by atoms with E-state index in [0.29, 0.717) is 13.0 Å². The third-order valence-corrected chi connectivity index (χ3v) is 2.61. The second-order valence-corrected chi connectivity index (χ2v) is 4.07. The van der Waals surface area contributed by atoms with E-state index in [2.05, 4.69) is 10.3 Å². The van der Waals surface area contributed by atoms with Crippen LogP contribution in [0.5, 0.6) is 0 Å². The van der Waals surface area contributed by atoms with E-state index in [4.69, 9.17) is 4.74 Å². The first-order chi connectivity index (χ1) is 9.10. The maximum atomic E-state index is 11.5.